The minimum atomic E-state index is -0.409. The summed E-state index contributed by atoms with van der Waals surface area (Å²) < 4.78 is 5.97. The predicted octanol–water partition coefficient (Wildman–Crippen LogP) is 5.51. The van der Waals surface area contributed by atoms with Crippen molar-refractivity contribution in [3.63, 3.8) is 0 Å². The Kier molecular flexibility index (Phi) is 5.33. The number of hydrogen-bond donors (Lipinski definition) is 0. The van der Waals surface area contributed by atoms with E-state index in [1.54, 1.807) is 12.1 Å². The summed E-state index contributed by atoms with van der Waals surface area (Å²) in [5.74, 6) is 1.18. The molecule has 0 unspecified atom stereocenters. The van der Waals surface area contributed by atoms with Gasteiger partial charge >= 0.3 is 0 Å². The van der Waals surface area contributed by atoms with Crippen LogP contribution in [0.5, 0.6) is 0 Å². The van der Waals surface area contributed by atoms with Crippen molar-refractivity contribution in [3.8, 4) is 11.3 Å². The molecule has 0 spiro atoms. The smallest absolute Gasteiger partial charge is 0.270 e. The van der Waals surface area contributed by atoms with Gasteiger partial charge in [0.15, 0.2) is 5.76 Å². The molecule has 1 saturated heterocycles. The topological polar surface area (TPSA) is 62.8 Å². The number of hydrogen-bond acceptors (Lipinski definition) is 5. The van der Waals surface area contributed by atoms with Crippen LogP contribution in [-0.2, 0) is 0 Å². The number of rotatable bonds is 4. The highest BCUT2D eigenvalue weighted by atomic mass is 32.1. The van der Waals surface area contributed by atoms with Crippen molar-refractivity contribution >= 4 is 39.4 Å². The SMILES string of the molecule is O=[N+]([O-])c1cccc(-c2ccc(C(=S)N3CCN(c4cccc5ccccc45)CC3)o2)c1. The van der Waals surface area contributed by atoms with Gasteiger partial charge in [-0.2, -0.15) is 0 Å². The van der Waals surface area contributed by atoms with Gasteiger partial charge in [0.2, 0.25) is 0 Å². The lowest BCUT2D eigenvalue weighted by atomic mass is 10.1. The van der Waals surface area contributed by atoms with Gasteiger partial charge < -0.3 is 14.2 Å². The van der Waals surface area contributed by atoms with E-state index >= 15 is 0 Å². The van der Waals surface area contributed by atoms with Crippen molar-refractivity contribution in [2.24, 2.45) is 0 Å². The van der Waals surface area contributed by atoms with Gasteiger partial charge in [-0.15, -0.1) is 0 Å². The van der Waals surface area contributed by atoms with E-state index in [1.807, 2.05) is 12.1 Å². The van der Waals surface area contributed by atoms with Crippen LogP contribution in [0.3, 0.4) is 0 Å². The molecule has 4 aromatic rings. The lowest BCUT2D eigenvalue weighted by Gasteiger charge is -2.37. The molecule has 0 radical (unpaired) electrons. The van der Waals surface area contributed by atoms with E-state index in [0.29, 0.717) is 22.1 Å². The third-order valence-electron chi connectivity index (χ3n) is 5.83. The second-order valence-corrected chi connectivity index (χ2v) is 8.14. The molecule has 2 heterocycles. The average molecular weight is 444 g/mol. The molecule has 6 nitrogen and oxygen atoms in total. The molecule has 160 valence electrons. The molecule has 1 aliphatic rings. The van der Waals surface area contributed by atoms with E-state index in [4.69, 9.17) is 16.6 Å². The van der Waals surface area contributed by atoms with Crippen LogP contribution in [0.2, 0.25) is 0 Å². The van der Waals surface area contributed by atoms with Crippen LogP contribution >= 0.6 is 12.2 Å². The molecule has 32 heavy (non-hydrogen) atoms. The number of fused-ring (bicyclic) bond motifs is 1. The van der Waals surface area contributed by atoms with Gasteiger partial charge in [-0.05, 0) is 23.6 Å². The molecule has 0 saturated carbocycles. The quantitative estimate of drug-likeness (QED) is 0.236. The molecule has 0 aliphatic carbocycles. The molecule has 7 heteroatoms. The lowest BCUT2D eigenvalue weighted by molar-refractivity contribution is -0.384. The fourth-order valence-electron chi connectivity index (χ4n) is 4.17. The average Bonchev–Trinajstić information content (AvgIpc) is 3.34. The molecular weight excluding hydrogens is 422 g/mol. The third-order valence-corrected chi connectivity index (χ3v) is 6.29. The van der Waals surface area contributed by atoms with Gasteiger partial charge in [-0.3, -0.25) is 10.1 Å². The van der Waals surface area contributed by atoms with Gasteiger partial charge in [0.1, 0.15) is 10.7 Å². The molecule has 3 aromatic carbocycles. The van der Waals surface area contributed by atoms with Crippen LogP contribution < -0.4 is 4.90 Å². The standard InChI is InChI=1S/C25H21N3O3S/c29-28(30)20-8-3-7-19(17-20)23-11-12-24(31-23)25(32)27-15-13-26(14-16-27)22-10-4-6-18-5-1-2-9-21(18)22/h1-12,17H,13-16H2. The molecule has 1 aliphatic heterocycles. The van der Waals surface area contributed by atoms with E-state index in [-0.39, 0.29) is 5.69 Å². The molecule has 0 bridgehead atoms. The predicted molar refractivity (Wildman–Crippen MR) is 130 cm³/mol. The first-order chi connectivity index (χ1) is 15.6. The minimum absolute atomic E-state index is 0.0348. The summed E-state index contributed by atoms with van der Waals surface area (Å²) in [6, 6.07) is 24.9. The molecule has 1 aromatic heterocycles. The van der Waals surface area contributed by atoms with E-state index in [1.165, 1.54) is 28.6 Å². The Bertz CT molecular complexity index is 1300. The number of nitrogens with zero attached hydrogens (tertiary/aromatic N) is 3. The van der Waals surface area contributed by atoms with Crippen LogP contribution in [0.25, 0.3) is 22.1 Å². The van der Waals surface area contributed by atoms with Crippen molar-refractivity contribution < 1.29 is 9.34 Å². The number of benzene rings is 3. The van der Waals surface area contributed by atoms with Crippen molar-refractivity contribution in [2.75, 3.05) is 31.1 Å². The van der Waals surface area contributed by atoms with Crippen LogP contribution in [-0.4, -0.2) is 41.0 Å². The van der Waals surface area contributed by atoms with E-state index in [2.05, 4.69) is 52.3 Å². The normalized spacial score (nSPS) is 14.0. The monoisotopic (exact) mass is 443 g/mol. The number of non-ortho nitro benzene ring substituents is 1. The van der Waals surface area contributed by atoms with Crippen LogP contribution in [0.15, 0.2) is 83.3 Å². The highest BCUT2D eigenvalue weighted by molar-refractivity contribution is 7.80. The summed E-state index contributed by atoms with van der Waals surface area (Å²) >= 11 is 5.71. The summed E-state index contributed by atoms with van der Waals surface area (Å²) in [7, 11) is 0. The summed E-state index contributed by atoms with van der Waals surface area (Å²) in [5.41, 5.74) is 1.95. The summed E-state index contributed by atoms with van der Waals surface area (Å²) in [5, 5.41) is 13.6. The van der Waals surface area contributed by atoms with Crippen LogP contribution in [0.1, 0.15) is 5.76 Å². The Hall–Kier alpha value is -3.71. The van der Waals surface area contributed by atoms with E-state index in [9.17, 15) is 10.1 Å². The van der Waals surface area contributed by atoms with Crippen molar-refractivity contribution in [1.29, 1.82) is 0 Å². The molecule has 0 N–H and O–H groups in total. The maximum atomic E-state index is 11.0. The minimum Gasteiger partial charge on any atom is -0.454 e. The lowest BCUT2D eigenvalue weighted by Crippen LogP contribution is -2.48. The summed E-state index contributed by atoms with van der Waals surface area (Å²) in [4.78, 5) is 15.9. The largest absolute Gasteiger partial charge is 0.454 e. The van der Waals surface area contributed by atoms with Crippen molar-refractivity contribution in [3.05, 3.63) is 94.7 Å². The molecule has 1 fully saturated rings. The fraction of sp³-hybridized carbons (Fsp3) is 0.160. The van der Waals surface area contributed by atoms with E-state index in [0.717, 1.165) is 26.2 Å². The van der Waals surface area contributed by atoms with E-state index < -0.39 is 4.92 Å². The Morgan fingerprint density at radius 1 is 0.906 bits per heavy atom. The number of nitro benzene ring substituents is 1. The fourth-order valence-corrected chi connectivity index (χ4v) is 4.46. The van der Waals surface area contributed by atoms with Crippen molar-refractivity contribution in [1.82, 2.24) is 4.90 Å². The first-order valence-electron chi connectivity index (χ1n) is 10.5. The first-order valence-corrected chi connectivity index (χ1v) is 10.9. The van der Waals surface area contributed by atoms with Gasteiger partial charge in [0.25, 0.3) is 5.69 Å². The Labute approximate surface area is 190 Å². The number of nitro groups is 1. The Balaban J connectivity index is 1.29. The second kappa shape index (κ2) is 8.43. The highest BCUT2D eigenvalue weighted by Gasteiger charge is 2.23. The summed E-state index contributed by atoms with van der Waals surface area (Å²) in [6.45, 7) is 3.34. The van der Waals surface area contributed by atoms with Gasteiger partial charge in [-0.25, -0.2) is 0 Å². The second-order valence-electron chi connectivity index (χ2n) is 7.75. The van der Waals surface area contributed by atoms with Crippen molar-refractivity contribution in [2.45, 2.75) is 0 Å². The van der Waals surface area contributed by atoms with Crippen LogP contribution in [0, 0.1) is 10.1 Å². The zero-order valence-corrected chi connectivity index (χ0v) is 18.1. The number of thiocarbonyl (C=S) groups is 1. The van der Waals surface area contributed by atoms with Gasteiger partial charge in [0.05, 0.1) is 4.92 Å². The number of anilines is 1. The maximum Gasteiger partial charge on any atom is 0.270 e. The van der Waals surface area contributed by atoms with Gasteiger partial charge in [0, 0.05) is 54.9 Å². The molecule has 0 atom stereocenters. The Morgan fingerprint density at radius 2 is 1.66 bits per heavy atom. The molecular formula is C25H21N3O3S. The third kappa shape index (κ3) is 3.83. The number of furan rings is 1. The Morgan fingerprint density at radius 3 is 2.47 bits per heavy atom. The molecule has 5 rings (SSSR count). The first kappa shape index (κ1) is 20.2. The zero-order valence-electron chi connectivity index (χ0n) is 17.3. The van der Waals surface area contributed by atoms with Gasteiger partial charge in [-0.1, -0.05) is 60.7 Å². The molecule has 0 amide bonds. The van der Waals surface area contributed by atoms with Crippen LogP contribution in [0.4, 0.5) is 11.4 Å². The summed E-state index contributed by atoms with van der Waals surface area (Å²) in [6.07, 6.45) is 0. The highest BCUT2D eigenvalue weighted by Crippen LogP contribution is 2.29. The number of piperazine rings is 1. The maximum absolute atomic E-state index is 11.0. The zero-order chi connectivity index (χ0) is 22.1.